The van der Waals surface area contributed by atoms with Crippen LogP contribution in [0.4, 0.5) is 8.78 Å². The number of nitriles is 1. The number of hydrogen-bond donors (Lipinski definition) is 2. The van der Waals surface area contributed by atoms with Crippen LogP contribution in [0, 0.1) is 23.0 Å². The van der Waals surface area contributed by atoms with Crippen molar-refractivity contribution >= 4 is 29.9 Å². The minimum Gasteiger partial charge on any atom is -0.356 e. The quantitative estimate of drug-likeness (QED) is 0.412. The van der Waals surface area contributed by atoms with Crippen molar-refractivity contribution in [3.05, 3.63) is 70.8 Å². The van der Waals surface area contributed by atoms with E-state index in [9.17, 15) is 8.78 Å². The molecule has 25 heavy (non-hydrogen) atoms. The number of guanidine groups is 1. The molecule has 0 unspecified atom stereocenters. The Morgan fingerprint density at radius 3 is 2.64 bits per heavy atom. The lowest BCUT2D eigenvalue weighted by Gasteiger charge is -2.12. The second-order valence-electron chi connectivity index (χ2n) is 5.15. The van der Waals surface area contributed by atoms with Gasteiger partial charge in [0.2, 0.25) is 0 Å². The lowest BCUT2D eigenvalue weighted by atomic mass is 10.1. The van der Waals surface area contributed by atoms with Crippen LogP contribution in [0.1, 0.15) is 16.7 Å². The van der Waals surface area contributed by atoms with Crippen molar-refractivity contribution in [1.29, 1.82) is 5.26 Å². The molecule has 0 bridgehead atoms. The molecule has 0 saturated carbocycles. The minimum absolute atomic E-state index is 0. The van der Waals surface area contributed by atoms with Gasteiger partial charge in [-0.05, 0) is 42.3 Å². The molecule has 2 rings (SSSR count). The highest BCUT2D eigenvalue weighted by molar-refractivity contribution is 14.0. The summed E-state index contributed by atoms with van der Waals surface area (Å²) in [7, 11) is 1.61. The molecule has 7 heteroatoms. The van der Waals surface area contributed by atoms with Crippen LogP contribution in [0.15, 0.2) is 47.5 Å². The Morgan fingerprint density at radius 1 is 1.16 bits per heavy atom. The molecule has 2 aromatic carbocycles. The first-order chi connectivity index (χ1) is 11.6. The number of hydrogen-bond acceptors (Lipinski definition) is 2. The first-order valence-corrected chi connectivity index (χ1v) is 7.50. The van der Waals surface area contributed by atoms with Crippen LogP contribution in [0.25, 0.3) is 0 Å². The molecule has 4 nitrogen and oxygen atoms in total. The molecule has 2 N–H and O–H groups in total. The van der Waals surface area contributed by atoms with E-state index in [-0.39, 0.29) is 42.2 Å². The highest BCUT2D eigenvalue weighted by atomic mass is 127. The van der Waals surface area contributed by atoms with Gasteiger partial charge in [0.05, 0.1) is 11.6 Å². The third-order valence-corrected chi connectivity index (χ3v) is 3.44. The summed E-state index contributed by atoms with van der Waals surface area (Å²) < 4.78 is 26.8. The molecule has 0 saturated heterocycles. The Labute approximate surface area is 163 Å². The zero-order chi connectivity index (χ0) is 17.4. The third-order valence-electron chi connectivity index (χ3n) is 3.44. The maximum Gasteiger partial charge on any atom is 0.191 e. The summed E-state index contributed by atoms with van der Waals surface area (Å²) in [5, 5.41) is 14.9. The van der Waals surface area contributed by atoms with Crippen molar-refractivity contribution in [2.75, 3.05) is 13.6 Å². The Hall–Kier alpha value is -2.21. The fourth-order valence-corrected chi connectivity index (χ4v) is 2.20. The molecule has 0 atom stereocenters. The van der Waals surface area contributed by atoms with Gasteiger partial charge in [-0.15, -0.1) is 24.0 Å². The molecule has 0 aromatic heterocycles. The van der Waals surface area contributed by atoms with Crippen molar-refractivity contribution in [3.63, 3.8) is 0 Å². The van der Waals surface area contributed by atoms with E-state index in [4.69, 9.17) is 5.26 Å². The van der Waals surface area contributed by atoms with Gasteiger partial charge < -0.3 is 10.6 Å². The molecule has 0 amide bonds. The summed E-state index contributed by atoms with van der Waals surface area (Å²) in [6.45, 7) is 0.769. The van der Waals surface area contributed by atoms with Crippen molar-refractivity contribution in [1.82, 2.24) is 10.6 Å². The predicted molar refractivity (Wildman–Crippen MR) is 105 cm³/mol. The summed E-state index contributed by atoms with van der Waals surface area (Å²) in [6.07, 6.45) is 0.636. The molecule has 0 aliphatic rings. The average molecular weight is 456 g/mol. The molecule has 0 aliphatic carbocycles. The van der Waals surface area contributed by atoms with E-state index in [0.29, 0.717) is 30.1 Å². The van der Waals surface area contributed by atoms with Gasteiger partial charge in [0.25, 0.3) is 0 Å². The van der Waals surface area contributed by atoms with E-state index in [0.717, 1.165) is 5.56 Å². The molecular formula is C18H19F2IN4. The standard InChI is InChI=1S/C18H18F2N4.HI/c1-22-18(23-8-7-13-3-2-4-16(19)10-13)24-12-15-9-14(11-21)5-6-17(15)20;/h2-6,9-10H,7-8,12H2,1H3,(H2,22,23,24);1H. The smallest absolute Gasteiger partial charge is 0.191 e. The van der Waals surface area contributed by atoms with Crippen LogP contribution in [0.2, 0.25) is 0 Å². The Kier molecular flexibility index (Phi) is 8.84. The minimum atomic E-state index is -0.378. The van der Waals surface area contributed by atoms with E-state index in [1.54, 1.807) is 13.1 Å². The van der Waals surface area contributed by atoms with Crippen molar-refractivity contribution in [2.45, 2.75) is 13.0 Å². The van der Waals surface area contributed by atoms with Crippen LogP contribution in [0.3, 0.4) is 0 Å². The SMILES string of the molecule is CN=C(NCCc1cccc(F)c1)NCc1cc(C#N)ccc1F.I. The number of aliphatic imine (C=N–C) groups is 1. The monoisotopic (exact) mass is 456 g/mol. The van der Waals surface area contributed by atoms with Gasteiger partial charge in [0.15, 0.2) is 5.96 Å². The lowest BCUT2D eigenvalue weighted by molar-refractivity contribution is 0.604. The molecule has 0 fully saturated rings. The van der Waals surface area contributed by atoms with Gasteiger partial charge in [0.1, 0.15) is 11.6 Å². The molecule has 0 aliphatic heterocycles. The van der Waals surface area contributed by atoms with Crippen LogP contribution in [-0.4, -0.2) is 19.6 Å². The van der Waals surface area contributed by atoms with E-state index in [1.807, 2.05) is 12.1 Å². The van der Waals surface area contributed by atoms with Gasteiger partial charge in [-0.3, -0.25) is 4.99 Å². The molecule has 0 radical (unpaired) electrons. The van der Waals surface area contributed by atoms with Crippen LogP contribution < -0.4 is 10.6 Å². The summed E-state index contributed by atoms with van der Waals surface area (Å²) in [4.78, 5) is 4.06. The summed E-state index contributed by atoms with van der Waals surface area (Å²) >= 11 is 0. The maximum absolute atomic E-state index is 13.7. The Bertz CT molecular complexity index is 772. The zero-order valence-corrected chi connectivity index (χ0v) is 16.1. The van der Waals surface area contributed by atoms with Gasteiger partial charge in [0, 0.05) is 25.7 Å². The fraction of sp³-hybridized carbons (Fsp3) is 0.222. The van der Waals surface area contributed by atoms with Crippen LogP contribution >= 0.6 is 24.0 Å². The average Bonchev–Trinajstić information content (AvgIpc) is 2.59. The van der Waals surface area contributed by atoms with Gasteiger partial charge in [-0.2, -0.15) is 5.26 Å². The zero-order valence-electron chi connectivity index (χ0n) is 13.7. The van der Waals surface area contributed by atoms with Crippen LogP contribution in [0.5, 0.6) is 0 Å². The number of benzene rings is 2. The normalized spacial score (nSPS) is 10.6. The second kappa shape index (κ2) is 10.6. The van der Waals surface area contributed by atoms with Gasteiger partial charge >= 0.3 is 0 Å². The molecule has 0 spiro atoms. The third kappa shape index (κ3) is 6.66. The number of nitrogens with one attached hydrogen (secondary N) is 2. The number of rotatable bonds is 5. The lowest BCUT2D eigenvalue weighted by Crippen LogP contribution is -2.38. The fourth-order valence-electron chi connectivity index (χ4n) is 2.20. The summed E-state index contributed by atoms with van der Waals surface area (Å²) in [5.74, 6) is -0.132. The van der Waals surface area contributed by atoms with E-state index in [1.165, 1.54) is 30.3 Å². The van der Waals surface area contributed by atoms with Crippen LogP contribution in [-0.2, 0) is 13.0 Å². The summed E-state index contributed by atoms with van der Waals surface area (Å²) in [5.41, 5.74) is 1.68. The van der Waals surface area contributed by atoms with E-state index < -0.39 is 0 Å². The molecule has 0 heterocycles. The Morgan fingerprint density at radius 2 is 1.96 bits per heavy atom. The largest absolute Gasteiger partial charge is 0.356 e. The highest BCUT2D eigenvalue weighted by Gasteiger charge is 2.05. The van der Waals surface area contributed by atoms with E-state index in [2.05, 4.69) is 15.6 Å². The van der Waals surface area contributed by atoms with Crippen molar-refractivity contribution < 1.29 is 8.78 Å². The van der Waals surface area contributed by atoms with E-state index >= 15 is 0 Å². The first-order valence-electron chi connectivity index (χ1n) is 7.50. The topological polar surface area (TPSA) is 60.2 Å². The van der Waals surface area contributed by atoms with Crippen molar-refractivity contribution in [3.8, 4) is 6.07 Å². The molecule has 2 aromatic rings. The van der Waals surface area contributed by atoms with Gasteiger partial charge in [-0.25, -0.2) is 8.78 Å². The number of halogens is 3. The first kappa shape index (κ1) is 20.8. The molecule has 132 valence electrons. The summed E-state index contributed by atoms with van der Waals surface area (Å²) in [6, 6.07) is 12.6. The van der Waals surface area contributed by atoms with Crippen molar-refractivity contribution in [2.24, 2.45) is 4.99 Å². The highest BCUT2D eigenvalue weighted by Crippen LogP contribution is 2.09. The Balaban J connectivity index is 0.00000312. The molecular weight excluding hydrogens is 437 g/mol. The maximum atomic E-state index is 13.7. The number of nitrogens with zero attached hydrogens (tertiary/aromatic N) is 2. The predicted octanol–water partition coefficient (Wildman–Crippen LogP) is 3.36. The van der Waals surface area contributed by atoms with Gasteiger partial charge in [-0.1, -0.05) is 12.1 Å². The second-order valence-corrected chi connectivity index (χ2v) is 5.15.